The molecular weight excluding hydrogens is 236 g/mol. The molecule has 2 heterocycles. The van der Waals surface area contributed by atoms with Crippen molar-refractivity contribution < 1.29 is 9.21 Å². The molecule has 1 atom stereocenters. The molecule has 4 nitrogen and oxygen atoms in total. The molecule has 0 bridgehead atoms. The summed E-state index contributed by atoms with van der Waals surface area (Å²) in [5, 5.41) is 4.93. The highest BCUT2D eigenvalue weighted by molar-refractivity contribution is 7.09. The van der Waals surface area contributed by atoms with Crippen LogP contribution < -0.4 is 5.32 Å². The number of nitrogens with zero attached hydrogens (tertiary/aromatic N) is 1. The zero-order chi connectivity index (χ0) is 12.3. The summed E-state index contributed by atoms with van der Waals surface area (Å²) in [6.07, 6.45) is 2.12. The quantitative estimate of drug-likeness (QED) is 0.906. The molecule has 0 saturated carbocycles. The first-order chi connectivity index (χ1) is 8.16. The second-order valence-electron chi connectivity index (χ2n) is 3.92. The lowest BCUT2D eigenvalue weighted by Crippen LogP contribution is -2.34. The number of carbonyl (C=O) groups is 1. The van der Waals surface area contributed by atoms with Gasteiger partial charge in [-0.2, -0.15) is 0 Å². The Labute approximate surface area is 104 Å². The van der Waals surface area contributed by atoms with Crippen molar-refractivity contribution in [3.8, 4) is 0 Å². The average molecular weight is 250 g/mol. The SMILES string of the molecule is Cc1ncoc1C(=O)N[C@H](C)Cc1cccs1. The van der Waals surface area contributed by atoms with Crippen LogP contribution in [0.1, 0.15) is 28.0 Å². The van der Waals surface area contributed by atoms with Crippen LogP contribution in [-0.2, 0) is 6.42 Å². The summed E-state index contributed by atoms with van der Waals surface area (Å²) in [5.41, 5.74) is 0.617. The van der Waals surface area contributed by atoms with Gasteiger partial charge in [-0.1, -0.05) is 6.07 Å². The molecule has 0 aliphatic rings. The number of rotatable bonds is 4. The van der Waals surface area contributed by atoms with E-state index in [-0.39, 0.29) is 11.9 Å². The van der Waals surface area contributed by atoms with Gasteiger partial charge >= 0.3 is 0 Å². The van der Waals surface area contributed by atoms with E-state index in [1.807, 2.05) is 18.4 Å². The Kier molecular flexibility index (Phi) is 3.58. The van der Waals surface area contributed by atoms with Crippen LogP contribution in [0.5, 0.6) is 0 Å². The minimum Gasteiger partial charge on any atom is -0.438 e. The molecule has 0 spiro atoms. The van der Waals surface area contributed by atoms with Crippen LogP contribution in [0, 0.1) is 6.92 Å². The van der Waals surface area contributed by atoms with E-state index >= 15 is 0 Å². The highest BCUT2D eigenvalue weighted by Gasteiger charge is 2.16. The number of thiophene rings is 1. The number of aryl methyl sites for hydroxylation is 1. The van der Waals surface area contributed by atoms with E-state index in [4.69, 9.17) is 4.42 Å². The number of amides is 1. The zero-order valence-corrected chi connectivity index (χ0v) is 10.6. The van der Waals surface area contributed by atoms with Crippen molar-refractivity contribution in [3.05, 3.63) is 40.2 Å². The first-order valence-corrected chi connectivity index (χ1v) is 6.28. The number of carbonyl (C=O) groups excluding carboxylic acids is 1. The van der Waals surface area contributed by atoms with Gasteiger partial charge in [-0.3, -0.25) is 4.79 Å². The number of oxazole rings is 1. The summed E-state index contributed by atoms with van der Waals surface area (Å²) in [6.45, 7) is 3.73. The van der Waals surface area contributed by atoms with E-state index in [0.29, 0.717) is 11.5 Å². The molecule has 0 aromatic carbocycles. The second-order valence-corrected chi connectivity index (χ2v) is 4.96. The Morgan fingerprint density at radius 3 is 3.06 bits per heavy atom. The van der Waals surface area contributed by atoms with Gasteiger partial charge in [0.2, 0.25) is 5.76 Å². The van der Waals surface area contributed by atoms with Crippen LogP contribution in [-0.4, -0.2) is 16.9 Å². The van der Waals surface area contributed by atoms with Crippen molar-refractivity contribution in [3.63, 3.8) is 0 Å². The molecule has 90 valence electrons. The van der Waals surface area contributed by atoms with Gasteiger partial charge in [0.15, 0.2) is 6.39 Å². The second kappa shape index (κ2) is 5.14. The molecule has 2 aromatic heterocycles. The van der Waals surface area contributed by atoms with E-state index in [1.165, 1.54) is 11.3 Å². The highest BCUT2D eigenvalue weighted by atomic mass is 32.1. The predicted octanol–water partition coefficient (Wildman–Crippen LogP) is 2.41. The maximum atomic E-state index is 11.8. The molecule has 17 heavy (non-hydrogen) atoms. The van der Waals surface area contributed by atoms with Crippen molar-refractivity contribution in [2.24, 2.45) is 0 Å². The Balaban J connectivity index is 1.93. The minimum absolute atomic E-state index is 0.0747. The molecule has 0 aliphatic carbocycles. The van der Waals surface area contributed by atoms with E-state index < -0.39 is 0 Å². The molecule has 1 N–H and O–H groups in total. The summed E-state index contributed by atoms with van der Waals surface area (Å²) >= 11 is 1.69. The van der Waals surface area contributed by atoms with Crippen molar-refractivity contribution >= 4 is 17.2 Å². The van der Waals surface area contributed by atoms with Crippen LogP contribution in [0.4, 0.5) is 0 Å². The molecule has 5 heteroatoms. The van der Waals surface area contributed by atoms with Gasteiger partial charge in [-0.25, -0.2) is 4.98 Å². The lowest BCUT2D eigenvalue weighted by molar-refractivity contribution is 0.0911. The normalized spacial score (nSPS) is 12.4. The Bertz CT molecular complexity index is 490. The van der Waals surface area contributed by atoms with Crippen molar-refractivity contribution in [1.29, 1.82) is 0 Å². The highest BCUT2D eigenvalue weighted by Crippen LogP contribution is 2.11. The Morgan fingerprint density at radius 2 is 2.47 bits per heavy atom. The van der Waals surface area contributed by atoms with Gasteiger partial charge in [-0.05, 0) is 25.3 Å². The number of nitrogens with one attached hydrogen (secondary N) is 1. The molecule has 0 fully saturated rings. The van der Waals surface area contributed by atoms with Gasteiger partial charge in [0.25, 0.3) is 5.91 Å². The number of hydrogen-bond acceptors (Lipinski definition) is 4. The Morgan fingerprint density at radius 1 is 1.65 bits per heavy atom. The van der Waals surface area contributed by atoms with E-state index in [1.54, 1.807) is 18.3 Å². The molecule has 0 saturated heterocycles. The third-order valence-corrected chi connectivity index (χ3v) is 3.32. The fraction of sp³-hybridized carbons (Fsp3) is 0.333. The molecule has 0 unspecified atom stereocenters. The van der Waals surface area contributed by atoms with Gasteiger partial charge < -0.3 is 9.73 Å². The number of aromatic nitrogens is 1. The molecule has 1 amide bonds. The minimum atomic E-state index is -0.205. The third-order valence-electron chi connectivity index (χ3n) is 2.42. The predicted molar refractivity (Wildman–Crippen MR) is 66.2 cm³/mol. The van der Waals surface area contributed by atoms with Crippen molar-refractivity contribution in [2.75, 3.05) is 0 Å². The van der Waals surface area contributed by atoms with Crippen LogP contribution in [0.2, 0.25) is 0 Å². The van der Waals surface area contributed by atoms with Crippen LogP contribution in [0.3, 0.4) is 0 Å². The van der Waals surface area contributed by atoms with Crippen molar-refractivity contribution in [1.82, 2.24) is 10.3 Å². The molecule has 0 aliphatic heterocycles. The molecular formula is C12H14N2O2S. The largest absolute Gasteiger partial charge is 0.438 e. The van der Waals surface area contributed by atoms with Gasteiger partial charge in [0.05, 0.1) is 5.69 Å². The summed E-state index contributed by atoms with van der Waals surface area (Å²) in [6, 6.07) is 4.15. The Hall–Kier alpha value is -1.62. The summed E-state index contributed by atoms with van der Waals surface area (Å²) in [5.74, 6) is 0.0899. The molecule has 0 radical (unpaired) electrons. The van der Waals surface area contributed by atoms with E-state index in [2.05, 4.69) is 16.4 Å². The first kappa shape index (κ1) is 11.9. The fourth-order valence-electron chi connectivity index (χ4n) is 1.59. The van der Waals surface area contributed by atoms with Crippen LogP contribution in [0.25, 0.3) is 0 Å². The average Bonchev–Trinajstić information content (AvgIpc) is 2.88. The summed E-state index contributed by atoms with van der Waals surface area (Å²) < 4.78 is 5.04. The first-order valence-electron chi connectivity index (χ1n) is 5.40. The third kappa shape index (κ3) is 2.94. The maximum absolute atomic E-state index is 11.8. The summed E-state index contributed by atoms with van der Waals surface area (Å²) in [7, 11) is 0. The number of hydrogen-bond donors (Lipinski definition) is 1. The van der Waals surface area contributed by atoms with E-state index in [9.17, 15) is 4.79 Å². The van der Waals surface area contributed by atoms with Gasteiger partial charge in [0, 0.05) is 17.3 Å². The fourth-order valence-corrected chi connectivity index (χ4v) is 2.43. The molecule has 2 rings (SSSR count). The standard InChI is InChI=1S/C12H14N2O2S/c1-8(6-10-4-3-5-17-10)14-12(15)11-9(2)13-7-16-11/h3-5,7-8H,6H2,1-2H3,(H,14,15)/t8-/m1/s1. The van der Waals surface area contributed by atoms with Crippen LogP contribution in [0.15, 0.2) is 28.3 Å². The van der Waals surface area contributed by atoms with Crippen molar-refractivity contribution in [2.45, 2.75) is 26.3 Å². The smallest absolute Gasteiger partial charge is 0.289 e. The van der Waals surface area contributed by atoms with E-state index in [0.717, 1.165) is 6.42 Å². The lowest BCUT2D eigenvalue weighted by Gasteiger charge is -2.11. The topological polar surface area (TPSA) is 55.1 Å². The maximum Gasteiger partial charge on any atom is 0.289 e. The van der Waals surface area contributed by atoms with Gasteiger partial charge in [0.1, 0.15) is 0 Å². The van der Waals surface area contributed by atoms with Gasteiger partial charge in [-0.15, -0.1) is 11.3 Å². The lowest BCUT2D eigenvalue weighted by atomic mass is 10.2. The molecule has 2 aromatic rings. The summed E-state index contributed by atoms with van der Waals surface area (Å²) in [4.78, 5) is 17.0. The van der Waals surface area contributed by atoms with Crippen LogP contribution >= 0.6 is 11.3 Å². The monoisotopic (exact) mass is 250 g/mol. The zero-order valence-electron chi connectivity index (χ0n) is 9.77.